The van der Waals surface area contributed by atoms with Crippen molar-refractivity contribution < 1.29 is 23.8 Å². The number of aryl methyl sites for hydroxylation is 1. The molecule has 0 aliphatic rings. The van der Waals surface area contributed by atoms with Gasteiger partial charge in [0.15, 0.2) is 11.5 Å². The summed E-state index contributed by atoms with van der Waals surface area (Å²) in [5.74, 6) is 0.874. The Morgan fingerprint density at radius 3 is 2.34 bits per heavy atom. The van der Waals surface area contributed by atoms with Gasteiger partial charge in [-0.3, -0.25) is 4.79 Å². The molecule has 0 saturated heterocycles. The number of nitrogens with one attached hydrogen (secondary N) is 1. The third-order valence-corrected chi connectivity index (χ3v) is 4.35. The van der Waals surface area contributed by atoms with Gasteiger partial charge in [0.05, 0.1) is 25.4 Å². The largest absolute Gasteiger partial charge is 0.490 e. The molecule has 2 rings (SSSR count). The highest BCUT2D eigenvalue weighted by atomic mass is 16.5. The number of carbonyl (C=O) groups excluding carboxylic acids is 2. The molecule has 1 amide bonds. The van der Waals surface area contributed by atoms with Crippen LogP contribution in [-0.4, -0.2) is 31.7 Å². The van der Waals surface area contributed by atoms with Crippen LogP contribution in [0.5, 0.6) is 11.5 Å². The molecule has 6 heteroatoms. The number of hydrogen-bond donors (Lipinski definition) is 1. The van der Waals surface area contributed by atoms with Gasteiger partial charge in [-0.05, 0) is 69.5 Å². The Balaban J connectivity index is 2.02. The number of rotatable bonds is 10. The monoisotopic (exact) mass is 399 g/mol. The average molecular weight is 399 g/mol. The molecule has 0 atom stereocenters. The fraction of sp³-hybridized carbons (Fsp3) is 0.391. The van der Waals surface area contributed by atoms with Crippen molar-refractivity contribution in [3.8, 4) is 11.5 Å². The Bertz CT molecular complexity index is 847. The van der Waals surface area contributed by atoms with Crippen LogP contribution in [0.3, 0.4) is 0 Å². The number of esters is 1. The molecule has 0 fully saturated rings. The van der Waals surface area contributed by atoms with Crippen molar-refractivity contribution in [1.29, 1.82) is 0 Å². The molecule has 1 N–H and O–H groups in total. The van der Waals surface area contributed by atoms with E-state index in [1.54, 1.807) is 32.0 Å². The molecule has 0 spiro atoms. The summed E-state index contributed by atoms with van der Waals surface area (Å²) in [6.07, 6.45) is 0.873. The van der Waals surface area contributed by atoms with Crippen molar-refractivity contribution in [3.63, 3.8) is 0 Å². The molecule has 156 valence electrons. The van der Waals surface area contributed by atoms with Gasteiger partial charge in [-0.2, -0.15) is 0 Å². The highest BCUT2D eigenvalue weighted by Crippen LogP contribution is 2.29. The van der Waals surface area contributed by atoms with Crippen LogP contribution in [0.25, 0.3) is 0 Å². The summed E-state index contributed by atoms with van der Waals surface area (Å²) in [7, 11) is 0. The first-order valence-corrected chi connectivity index (χ1v) is 9.95. The molecular weight excluding hydrogens is 370 g/mol. The first-order chi connectivity index (χ1) is 14.0. The van der Waals surface area contributed by atoms with Crippen molar-refractivity contribution in [1.82, 2.24) is 0 Å². The summed E-state index contributed by atoms with van der Waals surface area (Å²) in [4.78, 5) is 24.5. The van der Waals surface area contributed by atoms with Gasteiger partial charge >= 0.3 is 5.97 Å². The molecular formula is C23H29NO5. The molecule has 0 heterocycles. The van der Waals surface area contributed by atoms with Crippen molar-refractivity contribution in [2.75, 3.05) is 25.1 Å². The predicted octanol–water partition coefficient (Wildman–Crippen LogP) is 4.54. The quantitative estimate of drug-likeness (QED) is 0.594. The van der Waals surface area contributed by atoms with Gasteiger partial charge in [0.1, 0.15) is 0 Å². The molecule has 0 aliphatic heterocycles. The summed E-state index contributed by atoms with van der Waals surface area (Å²) in [6.45, 7) is 8.81. The lowest BCUT2D eigenvalue weighted by Crippen LogP contribution is -2.15. The fourth-order valence-corrected chi connectivity index (χ4v) is 2.92. The highest BCUT2D eigenvalue weighted by Gasteiger charge is 2.14. The lowest BCUT2D eigenvalue weighted by molar-refractivity contribution is -0.116. The van der Waals surface area contributed by atoms with E-state index in [2.05, 4.69) is 5.32 Å². The molecule has 0 radical (unpaired) electrons. The first kappa shape index (κ1) is 22.3. The average Bonchev–Trinajstić information content (AvgIpc) is 2.70. The molecule has 6 nitrogen and oxygen atoms in total. The minimum Gasteiger partial charge on any atom is -0.490 e. The van der Waals surface area contributed by atoms with Gasteiger partial charge in [0.2, 0.25) is 5.91 Å². The maximum atomic E-state index is 12.4. The molecule has 0 saturated carbocycles. The zero-order valence-electron chi connectivity index (χ0n) is 17.5. The topological polar surface area (TPSA) is 73.9 Å². The number of anilines is 1. The number of amides is 1. The molecule has 2 aromatic carbocycles. The van der Waals surface area contributed by atoms with Gasteiger partial charge in [0, 0.05) is 12.1 Å². The van der Waals surface area contributed by atoms with E-state index in [0.717, 1.165) is 5.56 Å². The van der Waals surface area contributed by atoms with Crippen LogP contribution in [0.2, 0.25) is 0 Å². The lowest BCUT2D eigenvalue weighted by atomic mass is 10.1. The van der Waals surface area contributed by atoms with Gasteiger partial charge in [-0.25, -0.2) is 4.79 Å². The van der Waals surface area contributed by atoms with Crippen LogP contribution < -0.4 is 14.8 Å². The second kappa shape index (κ2) is 11.1. The first-order valence-electron chi connectivity index (χ1n) is 9.95. The molecule has 29 heavy (non-hydrogen) atoms. The van der Waals surface area contributed by atoms with Crippen LogP contribution in [0.15, 0.2) is 36.4 Å². The van der Waals surface area contributed by atoms with Gasteiger partial charge in [-0.15, -0.1) is 0 Å². The minimum absolute atomic E-state index is 0.124. The standard InChI is InChI=1S/C23H29NO5/c1-5-27-20-13-11-17(15-21(20)28-6-2)12-14-22(25)24-19-10-8-9-18(16(19)4)23(26)29-7-3/h8-11,13,15H,5-7,12,14H2,1-4H3,(H,24,25). The Morgan fingerprint density at radius 2 is 1.66 bits per heavy atom. The molecule has 0 unspecified atom stereocenters. The van der Waals surface area contributed by atoms with Gasteiger partial charge < -0.3 is 19.5 Å². The van der Waals surface area contributed by atoms with Gasteiger partial charge in [-0.1, -0.05) is 12.1 Å². The number of carbonyl (C=O) groups is 2. The number of benzene rings is 2. The second-order valence-electron chi connectivity index (χ2n) is 6.39. The van der Waals surface area contributed by atoms with Crippen LogP contribution in [0.4, 0.5) is 5.69 Å². The van der Waals surface area contributed by atoms with Crippen molar-refractivity contribution in [3.05, 3.63) is 53.1 Å². The summed E-state index contributed by atoms with van der Waals surface area (Å²) < 4.78 is 16.3. The van der Waals surface area contributed by atoms with Crippen LogP contribution >= 0.6 is 0 Å². The fourth-order valence-electron chi connectivity index (χ4n) is 2.92. The Morgan fingerprint density at radius 1 is 0.931 bits per heavy atom. The molecule has 0 bridgehead atoms. The molecule has 0 aromatic heterocycles. The molecule has 0 aliphatic carbocycles. The number of ether oxygens (including phenoxy) is 3. The minimum atomic E-state index is -0.390. The van der Waals surface area contributed by atoms with E-state index in [-0.39, 0.29) is 11.9 Å². The van der Waals surface area contributed by atoms with E-state index in [9.17, 15) is 9.59 Å². The maximum absolute atomic E-state index is 12.4. The van der Waals surface area contributed by atoms with E-state index >= 15 is 0 Å². The predicted molar refractivity (Wildman–Crippen MR) is 113 cm³/mol. The summed E-state index contributed by atoms with van der Waals surface area (Å²) in [6, 6.07) is 10.9. The smallest absolute Gasteiger partial charge is 0.338 e. The third kappa shape index (κ3) is 6.24. The lowest BCUT2D eigenvalue weighted by Gasteiger charge is -2.13. The van der Waals surface area contributed by atoms with Crippen molar-refractivity contribution in [2.24, 2.45) is 0 Å². The van der Waals surface area contributed by atoms with E-state index in [1.165, 1.54) is 0 Å². The Labute approximate surface area is 172 Å². The molecule has 2 aromatic rings. The third-order valence-electron chi connectivity index (χ3n) is 4.35. The van der Waals surface area contributed by atoms with Crippen LogP contribution in [0.1, 0.15) is 48.7 Å². The second-order valence-corrected chi connectivity index (χ2v) is 6.39. The Hall–Kier alpha value is -3.02. The van der Waals surface area contributed by atoms with Crippen LogP contribution in [-0.2, 0) is 16.0 Å². The van der Waals surface area contributed by atoms with Crippen molar-refractivity contribution in [2.45, 2.75) is 40.5 Å². The SMILES string of the molecule is CCOC(=O)c1cccc(NC(=O)CCc2ccc(OCC)c(OCC)c2)c1C. The summed E-state index contributed by atoms with van der Waals surface area (Å²) in [5.41, 5.74) is 2.75. The van der Waals surface area contributed by atoms with E-state index in [1.807, 2.05) is 32.0 Å². The van der Waals surface area contributed by atoms with E-state index < -0.39 is 0 Å². The zero-order chi connectivity index (χ0) is 21.2. The summed E-state index contributed by atoms with van der Waals surface area (Å²) in [5, 5.41) is 2.89. The number of hydrogen-bond acceptors (Lipinski definition) is 5. The Kier molecular flexibility index (Phi) is 8.52. The van der Waals surface area contributed by atoms with E-state index in [0.29, 0.717) is 61.0 Å². The van der Waals surface area contributed by atoms with Crippen LogP contribution in [0, 0.1) is 6.92 Å². The van der Waals surface area contributed by atoms with Crippen molar-refractivity contribution >= 4 is 17.6 Å². The maximum Gasteiger partial charge on any atom is 0.338 e. The zero-order valence-corrected chi connectivity index (χ0v) is 17.5. The van der Waals surface area contributed by atoms with Gasteiger partial charge in [0.25, 0.3) is 0 Å². The summed E-state index contributed by atoms with van der Waals surface area (Å²) >= 11 is 0. The van der Waals surface area contributed by atoms with E-state index in [4.69, 9.17) is 14.2 Å². The normalized spacial score (nSPS) is 10.3. The highest BCUT2D eigenvalue weighted by molar-refractivity contribution is 5.96.